The van der Waals surface area contributed by atoms with E-state index >= 15 is 0 Å². The van der Waals surface area contributed by atoms with Gasteiger partial charge in [-0.25, -0.2) is 0 Å². The fourth-order valence-corrected chi connectivity index (χ4v) is 2.70. The van der Waals surface area contributed by atoms with Crippen LogP contribution >= 0.6 is 24.0 Å². The van der Waals surface area contributed by atoms with Crippen molar-refractivity contribution in [3.63, 3.8) is 0 Å². The third kappa shape index (κ3) is 3.47. The van der Waals surface area contributed by atoms with Crippen LogP contribution in [0.5, 0.6) is 0 Å². The molecule has 2 heterocycles. The standard InChI is InChI=1S/C12H22N4.HI/c1-9-6-13-12(15-9)14-7-10-4-5-16(8-10)11-2-3-11;/h9-11H,2-8H2,1H3,(H2,13,14,15);1H. The molecule has 1 saturated carbocycles. The van der Waals surface area contributed by atoms with Crippen molar-refractivity contribution in [3.05, 3.63) is 0 Å². The number of halogens is 1. The van der Waals surface area contributed by atoms with E-state index in [1.807, 2.05) is 0 Å². The van der Waals surface area contributed by atoms with Crippen LogP contribution < -0.4 is 10.6 Å². The Kier molecular flexibility index (Phi) is 4.52. The van der Waals surface area contributed by atoms with Gasteiger partial charge in [0.2, 0.25) is 0 Å². The number of rotatable bonds is 3. The van der Waals surface area contributed by atoms with Crippen molar-refractivity contribution in [3.8, 4) is 0 Å². The van der Waals surface area contributed by atoms with Crippen molar-refractivity contribution in [2.45, 2.75) is 38.3 Å². The molecule has 0 aromatic heterocycles. The Labute approximate surface area is 121 Å². The van der Waals surface area contributed by atoms with E-state index in [1.54, 1.807) is 0 Å². The van der Waals surface area contributed by atoms with Crippen LogP contribution in [-0.2, 0) is 0 Å². The summed E-state index contributed by atoms with van der Waals surface area (Å²) in [5.74, 6) is 1.83. The van der Waals surface area contributed by atoms with E-state index in [1.165, 1.54) is 32.4 Å². The van der Waals surface area contributed by atoms with E-state index in [-0.39, 0.29) is 24.0 Å². The minimum absolute atomic E-state index is 0. The maximum absolute atomic E-state index is 4.42. The van der Waals surface area contributed by atoms with Crippen LogP contribution in [0.3, 0.4) is 0 Å². The maximum Gasteiger partial charge on any atom is 0.191 e. The molecule has 0 radical (unpaired) electrons. The van der Waals surface area contributed by atoms with Gasteiger partial charge in [0.05, 0.1) is 6.54 Å². The van der Waals surface area contributed by atoms with Gasteiger partial charge in [-0.2, -0.15) is 0 Å². The second kappa shape index (κ2) is 5.73. The van der Waals surface area contributed by atoms with Gasteiger partial charge in [0.1, 0.15) is 0 Å². The summed E-state index contributed by atoms with van der Waals surface area (Å²) in [6.45, 7) is 6.78. The minimum Gasteiger partial charge on any atom is -0.356 e. The molecular formula is C12H23IN4. The Morgan fingerprint density at radius 2 is 2.24 bits per heavy atom. The molecule has 98 valence electrons. The largest absolute Gasteiger partial charge is 0.356 e. The van der Waals surface area contributed by atoms with Gasteiger partial charge >= 0.3 is 0 Å². The van der Waals surface area contributed by atoms with Gasteiger partial charge in [-0.15, -0.1) is 24.0 Å². The number of nitrogens with zero attached hydrogens (tertiary/aromatic N) is 2. The van der Waals surface area contributed by atoms with E-state index in [0.717, 1.165) is 31.0 Å². The normalized spacial score (nSPS) is 32.9. The summed E-state index contributed by atoms with van der Waals surface area (Å²) >= 11 is 0. The highest BCUT2D eigenvalue weighted by Crippen LogP contribution is 2.31. The second-order valence-corrected chi connectivity index (χ2v) is 5.50. The first kappa shape index (κ1) is 13.4. The highest BCUT2D eigenvalue weighted by Gasteiger charge is 2.34. The zero-order valence-corrected chi connectivity index (χ0v) is 12.8. The minimum atomic E-state index is 0. The monoisotopic (exact) mass is 350 g/mol. The summed E-state index contributed by atoms with van der Waals surface area (Å²) in [6, 6.07) is 1.45. The summed E-state index contributed by atoms with van der Waals surface area (Å²) in [4.78, 5) is 7.09. The molecule has 1 saturated heterocycles. The summed E-state index contributed by atoms with van der Waals surface area (Å²) in [6.07, 6.45) is 4.23. The highest BCUT2D eigenvalue weighted by atomic mass is 127. The Bertz CT molecular complexity index is 290. The predicted molar refractivity (Wildman–Crippen MR) is 81.0 cm³/mol. The average molecular weight is 350 g/mol. The third-order valence-electron chi connectivity index (χ3n) is 3.85. The first-order valence-electron chi connectivity index (χ1n) is 6.60. The van der Waals surface area contributed by atoms with Gasteiger partial charge in [-0.05, 0) is 38.6 Å². The van der Waals surface area contributed by atoms with Gasteiger partial charge in [-0.3, -0.25) is 4.99 Å². The Hall–Kier alpha value is -0.0400. The molecule has 0 spiro atoms. The molecule has 3 aliphatic rings. The Balaban J connectivity index is 0.00000108. The quantitative estimate of drug-likeness (QED) is 0.747. The number of aliphatic imine (C=N–C) groups is 1. The lowest BCUT2D eigenvalue weighted by molar-refractivity contribution is 0.314. The summed E-state index contributed by atoms with van der Waals surface area (Å²) < 4.78 is 0. The number of hydrogen-bond acceptors (Lipinski definition) is 4. The van der Waals surface area contributed by atoms with E-state index in [0.29, 0.717) is 6.04 Å². The Morgan fingerprint density at radius 3 is 2.88 bits per heavy atom. The van der Waals surface area contributed by atoms with Crippen LogP contribution in [0.15, 0.2) is 4.99 Å². The third-order valence-corrected chi connectivity index (χ3v) is 3.85. The fraction of sp³-hybridized carbons (Fsp3) is 0.917. The van der Waals surface area contributed by atoms with Crippen LogP contribution in [0.25, 0.3) is 0 Å². The molecule has 0 aromatic carbocycles. The molecular weight excluding hydrogens is 327 g/mol. The molecule has 5 heteroatoms. The van der Waals surface area contributed by atoms with E-state index < -0.39 is 0 Å². The number of nitrogens with one attached hydrogen (secondary N) is 2. The number of guanidine groups is 1. The summed E-state index contributed by atoms with van der Waals surface area (Å²) in [5.41, 5.74) is 0. The van der Waals surface area contributed by atoms with Crippen molar-refractivity contribution in [2.24, 2.45) is 10.9 Å². The van der Waals surface area contributed by atoms with Crippen LogP contribution in [0, 0.1) is 5.92 Å². The van der Waals surface area contributed by atoms with Crippen molar-refractivity contribution < 1.29 is 0 Å². The molecule has 0 aromatic rings. The van der Waals surface area contributed by atoms with E-state index in [4.69, 9.17) is 0 Å². The van der Waals surface area contributed by atoms with E-state index in [9.17, 15) is 0 Å². The molecule has 3 rings (SSSR count). The average Bonchev–Trinajstić information content (AvgIpc) is 2.87. The Morgan fingerprint density at radius 1 is 1.41 bits per heavy atom. The van der Waals surface area contributed by atoms with Crippen LogP contribution in [-0.4, -0.2) is 49.1 Å². The molecule has 0 amide bonds. The van der Waals surface area contributed by atoms with Crippen molar-refractivity contribution in [1.82, 2.24) is 15.5 Å². The number of hydrogen-bond donors (Lipinski definition) is 2. The fourth-order valence-electron chi connectivity index (χ4n) is 2.70. The molecule has 2 atom stereocenters. The topological polar surface area (TPSA) is 39.7 Å². The summed E-state index contributed by atoms with van der Waals surface area (Å²) in [7, 11) is 0. The van der Waals surface area contributed by atoms with Gasteiger partial charge in [-0.1, -0.05) is 0 Å². The van der Waals surface area contributed by atoms with Crippen molar-refractivity contribution >= 4 is 29.9 Å². The first-order valence-corrected chi connectivity index (χ1v) is 6.60. The van der Waals surface area contributed by atoms with Crippen molar-refractivity contribution in [2.75, 3.05) is 26.2 Å². The molecule has 1 aliphatic carbocycles. The van der Waals surface area contributed by atoms with Crippen LogP contribution in [0.1, 0.15) is 26.2 Å². The zero-order valence-electron chi connectivity index (χ0n) is 10.5. The lowest BCUT2D eigenvalue weighted by Gasteiger charge is -2.16. The molecule has 2 fully saturated rings. The molecule has 2 aliphatic heterocycles. The highest BCUT2D eigenvalue weighted by molar-refractivity contribution is 14.0. The molecule has 2 unspecified atom stereocenters. The second-order valence-electron chi connectivity index (χ2n) is 5.50. The van der Waals surface area contributed by atoms with Gasteiger partial charge in [0.25, 0.3) is 0 Å². The lowest BCUT2D eigenvalue weighted by atomic mass is 10.1. The molecule has 2 N–H and O–H groups in total. The number of likely N-dealkylation sites (tertiary alicyclic amines) is 1. The molecule has 0 bridgehead atoms. The van der Waals surface area contributed by atoms with Gasteiger partial charge in [0, 0.05) is 25.2 Å². The van der Waals surface area contributed by atoms with Crippen molar-refractivity contribution in [1.29, 1.82) is 0 Å². The van der Waals surface area contributed by atoms with Gasteiger partial charge < -0.3 is 15.5 Å². The SMILES string of the molecule is CC1CN=C(NCC2CCN(C3CC3)C2)N1.I. The summed E-state index contributed by atoms with van der Waals surface area (Å²) in [5, 5.41) is 6.80. The zero-order chi connectivity index (χ0) is 11.0. The maximum atomic E-state index is 4.42. The lowest BCUT2D eigenvalue weighted by Crippen LogP contribution is -2.40. The molecule has 17 heavy (non-hydrogen) atoms. The predicted octanol–water partition coefficient (Wildman–Crippen LogP) is 1.03. The van der Waals surface area contributed by atoms with Gasteiger partial charge in [0.15, 0.2) is 5.96 Å². The van der Waals surface area contributed by atoms with Crippen LogP contribution in [0.4, 0.5) is 0 Å². The first-order chi connectivity index (χ1) is 7.81. The van der Waals surface area contributed by atoms with E-state index in [2.05, 4.69) is 27.4 Å². The molecule has 4 nitrogen and oxygen atoms in total. The smallest absolute Gasteiger partial charge is 0.191 e. The van der Waals surface area contributed by atoms with Crippen LogP contribution in [0.2, 0.25) is 0 Å².